The predicted molar refractivity (Wildman–Crippen MR) is 65.3 cm³/mol. The van der Waals surface area contributed by atoms with E-state index in [-0.39, 0.29) is 5.56 Å². The Balaban J connectivity index is 2.75. The van der Waals surface area contributed by atoms with Gasteiger partial charge in [-0.05, 0) is 13.0 Å². The number of nitrogens with one attached hydrogen (secondary N) is 1. The minimum Gasteiger partial charge on any atom is -0.422 e. The van der Waals surface area contributed by atoms with Gasteiger partial charge in [0.2, 0.25) is 5.56 Å². The fraction of sp³-hybridized carbons (Fsp3) is 0.0769. The first-order chi connectivity index (χ1) is 8.16. The number of benzene rings is 1. The third kappa shape index (κ3) is 1.38. The van der Waals surface area contributed by atoms with Crippen LogP contribution < -0.4 is 11.2 Å². The van der Waals surface area contributed by atoms with Crippen molar-refractivity contribution in [3.05, 3.63) is 56.8 Å². The van der Waals surface area contributed by atoms with Gasteiger partial charge in [-0.15, -0.1) is 0 Å². The molecule has 2 heterocycles. The molecule has 3 rings (SSSR count). The van der Waals surface area contributed by atoms with Gasteiger partial charge < -0.3 is 9.40 Å². The van der Waals surface area contributed by atoms with Gasteiger partial charge in [0, 0.05) is 22.5 Å². The van der Waals surface area contributed by atoms with E-state index in [0.717, 1.165) is 5.39 Å². The summed E-state index contributed by atoms with van der Waals surface area (Å²) in [6.45, 7) is 1.69. The van der Waals surface area contributed by atoms with Crippen LogP contribution in [-0.2, 0) is 0 Å². The standard InChI is InChI=1S/C13H9NO3/c1-7-12-9(6-11(15)14-7)8-4-2-3-5-10(8)17-13(12)16/h2-6H,1H3,(H,14,15). The summed E-state index contributed by atoms with van der Waals surface area (Å²) in [4.78, 5) is 25.9. The Morgan fingerprint density at radius 3 is 2.71 bits per heavy atom. The Morgan fingerprint density at radius 1 is 1.12 bits per heavy atom. The summed E-state index contributed by atoms with van der Waals surface area (Å²) < 4.78 is 5.22. The number of pyridine rings is 1. The molecule has 84 valence electrons. The molecular formula is C13H9NO3. The highest BCUT2D eigenvalue weighted by Gasteiger charge is 2.09. The van der Waals surface area contributed by atoms with Gasteiger partial charge in [-0.3, -0.25) is 4.79 Å². The summed E-state index contributed by atoms with van der Waals surface area (Å²) in [5.74, 6) is 0. The minimum atomic E-state index is -0.424. The lowest BCUT2D eigenvalue weighted by molar-refractivity contribution is 0.569. The van der Waals surface area contributed by atoms with Gasteiger partial charge in [-0.1, -0.05) is 18.2 Å². The van der Waals surface area contributed by atoms with E-state index >= 15 is 0 Å². The van der Waals surface area contributed by atoms with E-state index in [9.17, 15) is 9.59 Å². The van der Waals surface area contributed by atoms with Crippen LogP contribution in [0.2, 0.25) is 0 Å². The van der Waals surface area contributed by atoms with Crippen molar-refractivity contribution in [3.8, 4) is 0 Å². The molecule has 0 spiro atoms. The third-order valence-corrected chi connectivity index (χ3v) is 2.81. The molecule has 0 atom stereocenters. The van der Waals surface area contributed by atoms with Gasteiger partial charge in [0.25, 0.3) is 0 Å². The zero-order chi connectivity index (χ0) is 12.0. The molecule has 4 nitrogen and oxygen atoms in total. The van der Waals surface area contributed by atoms with Crippen molar-refractivity contribution in [2.45, 2.75) is 6.92 Å². The molecule has 3 aromatic rings. The molecule has 4 heteroatoms. The smallest absolute Gasteiger partial charge is 0.345 e. The van der Waals surface area contributed by atoms with Crippen LogP contribution in [0.5, 0.6) is 0 Å². The molecular weight excluding hydrogens is 218 g/mol. The molecule has 0 aliphatic heterocycles. The molecule has 0 unspecified atom stereocenters. The number of fused-ring (bicyclic) bond motifs is 3. The molecule has 0 bridgehead atoms. The molecule has 0 aliphatic rings. The lowest BCUT2D eigenvalue weighted by Gasteiger charge is -2.03. The normalized spacial score (nSPS) is 11.1. The van der Waals surface area contributed by atoms with Gasteiger partial charge in [0.05, 0.1) is 5.39 Å². The van der Waals surface area contributed by atoms with Crippen LogP contribution in [0.4, 0.5) is 0 Å². The third-order valence-electron chi connectivity index (χ3n) is 2.81. The highest BCUT2D eigenvalue weighted by atomic mass is 16.4. The lowest BCUT2D eigenvalue weighted by Crippen LogP contribution is -2.11. The van der Waals surface area contributed by atoms with Crippen molar-refractivity contribution in [1.29, 1.82) is 0 Å². The highest BCUT2D eigenvalue weighted by molar-refractivity contribution is 6.04. The number of aromatic amines is 1. The molecule has 0 radical (unpaired) electrons. The van der Waals surface area contributed by atoms with Crippen LogP contribution >= 0.6 is 0 Å². The quantitative estimate of drug-likeness (QED) is 0.471. The van der Waals surface area contributed by atoms with Crippen LogP contribution in [0, 0.1) is 6.92 Å². The van der Waals surface area contributed by atoms with E-state index in [1.165, 1.54) is 6.07 Å². The topological polar surface area (TPSA) is 63.1 Å². The van der Waals surface area contributed by atoms with Crippen molar-refractivity contribution in [3.63, 3.8) is 0 Å². The van der Waals surface area contributed by atoms with Crippen molar-refractivity contribution < 1.29 is 4.42 Å². The molecule has 1 aromatic carbocycles. The van der Waals surface area contributed by atoms with Gasteiger partial charge >= 0.3 is 5.63 Å². The minimum absolute atomic E-state index is 0.217. The Hall–Kier alpha value is -2.36. The Morgan fingerprint density at radius 2 is 1.88 bits per heavy atom. The summed E-state index contributed by atoms with van der Waals surface area (Å²) in [5, 5.41) is 1.85. The maximum absolute atomic E-state index is 11.8. The average Bonchev–Trinajstić information content (AvgIpc) is 2.28. The van der Waals surface area contributed by atoms with E-state index in [0.29, 0.717) is 22.0 Å². The van der Waals surface area contributed by atoms with Crippen molar-refractivity contribution >= 4 is 21.7 Å². The number of rotatable bonds is 0. The Labute approximate surface area is 95.5 Å². The molecule has 1 N–H and O–H groups in total. The molecule has 0 amide bonds. The molecule has 0 saturated heterocycles. The second-order valence-electron chi connectivity index (χ2n) is 3.93. The second-order valence-corrected chi connectivity index (χ2v) is 3.93. The van der Waals surface area contributed by atoms with E-state index in [1.54, 1.807) is 19.1 Å². The number of H-pyrrole nitrogens is 1. The number of para-hydroxylation sites is 1. The highest BCUT2D eigenvalue weighted by Crippen LogP contribution is 2.21. The second kappa shape index (κ2) is 3.31. The fourth-order valence-electron chi connectivity index (χ4n) is 2.09. The van der Waals surface area contributed by atoms with Crippen molar-refractivity contribution in [2.24, 2.45) is 0 Å². The Kier molecular flexibility index (Phi) is 1.92. The average molecular weight is 227 g/mol. The number of aryl methyl sites for hydroxylation is 1. The maximum Gasteiger partial charge on any atom is 0.345 e. The predicted octanol–water partition coefficient (Wildman–Crippen LogP) is 1.94. The first kappa shape index (κ1) is 9.84. The van der Waals surface area contributed by atoms with Crippen LogP contribution in [0.15, 0.2) is 44.3 Å². The zero-order valence-electron chi connectivity index (χ0n) is 9.11. The first-order valence-corrected chi connectivity index (χ1v) is 5.22. The van der Waals surface area contributed by atoms with Gasteiger partial charge in [0.15, 0.2) is 0 Å². The zero-order valence-corrected chi connectivity index (χ0v) is 9.11. The lowest BCUT2D eigenvalue weighted by atomic mass is 10.1. The molecule has 0 saturated carbocycles. The van der Waals surface area contributed by atoms with Crippen LogP contribution in [0.3, 0.4) is 0 Å². The van der Waals surface area contributed by atoms with E-state index in [2.05, 4.69) is 4.98 Å². The summed E-state index contributed by atoms with van der Waals surface area (Å²) in [7, 11) is 0. The number of hydrogen-bond donors (Lipinski definition) is 1. The van der Waals surface area contributed by atoms with Gasteiger partial charge in [-0.2, -0.15) is 0 Å². The van der Waals surface area contributed by atoms with E-state index in [4.69, 9.17) is 4.42 Å². The van der Waals surface area contributed by atoms with Crippen molar-refractivity contribution in [2.75, 3.05) is 0 Å². The molecule has 0 aliphatic carbocycles. The summed E-state index contributed by atoms with van der Waals surface area (Å²) in [6.07, 6.45) is 0. The summed E-state index contributed by atoms with van der Waals surface area (Å²) in [6, 6.07) is 8.61. The fourth-order valence-corrected chi connectivity index (χ4v) is 2.09. The number of aromatic nitrogens is 1. The van der Waals surface area contributed by atoms with Crippen molar-refractivity contribution in [1.82, 2.24) is 4.98 Å². The largest absolute Gasteiger partial charge is 0.422 e. The van der Waals surface area contributed by atoms with Gasteiger partial charge in [-0.25, -0.2) is 4.79 Å². The van der Waals surface area contributed by atoms with Crippen LogP contribution in [-0.4, -0.2) is 4.98 Å². The molecule has 2 aromatic heterocycles. The Bertz CT molecular complexity index is 843. The SMILES string of the molecule is Cc1[nH]c(=O)cc2c1c(=O)oc1ccccc12. The monoisotopic (exact) mass is 227 g/mol. The van der Waals surface area contributed by atoms with E-state index in [1.807, 2.05) is 12.1 Å². The molecule has 17 heavy (non-hydrogen) atoms. The first-order valence-electron chi connectivity index (χ1n) is 5.22. The molecule has 0 fully saturated rings. The number of hydrogen-bond acceptors (Lipinski definition) is 3. The summed E-state index contributed by atoms with van der Waals surface area (Å²) in [5.41, 5.74) is 0.389. The van der Waals surface area contributed by atoms with Gasteiger partial charge in [0.1, 0.15) is 5.58 Å². The van der Waals surface area contributed by atoms with Crippen LogP contribution in [0.25, 0.3) is 21.7 Å². The summed E-state index contributed by atoms with van der Waals surface area (Å²) >= 11 is 0. The maximum atomic E-state index is 11.8. The van der Waals surface area contributed by atoms with Crippen LogP contribution in [0.1, 0.15) is 5.69 Å². The van der Waals surface area contributed by atoms with E-state index < -0.39 is 5.63 Å².